The van der Waals surface area contributed by atoms with Gasteiger partial charge in [-0.25, -0.2) is 4.98 Å². The Labute approximate surface area is 166 Å². The van der Waals surface area contributed by atoms with Gasteiger partial charge in [0.1, 0.15) is 16.7 Å². The highest BCUT2D eigenvalue weighted by molar-refractivity contribution is 7.79. The van der Waals surface area contributed by atoms with E-state index < -0.39 is 11.1 Å². The largest absolute Gasteiger partial charge is 0.771 e. The number of ether oxygens (including phenoxy) is 1. The Bertz CT molecular complexity index is 783. The van der Waals surface area contributed by atoms with Crippen molar-refractivity contribution in [3.05, 3.63) is 47.1 Å². The molecule has 146 valence electrons. The first kappa shape index (κ1) is 19.9. The zero-order chi connectivity index (χ0) is 19.2. The molecule has 2 heterocycles. The van der Waals surface area contributed by atoms with Gasteiger partial charge in [-0.2, -0.15) is 0 Å². The quantitative estimate of drug-likeness (QED) is 0.555. The van der Waals surface area contributed by atoms with Crippen LogP contribution in [0.15, 0.2) is 36.4 Å². The van der Waals surface area contributed by atoms with Crippen molar-refractivity contribution in [3.63, 3.8) is 0 Å². The van der Waals surface area contributed by atoms with Gasteiger partial charge in [-0.05, 0) is 34.8 Å². The summed E-state index contributed by atoms with van der Waals surface area (Å²) in [4.78, 5) is 8.46. The third-order valence-corrected chi connectivity index (χ3v) is 5.21. The van der Waals surface area contributed by atoms with Crippen molar-refractivity contribution >= 4 is 34.2 Å². The molecule has 7 nitrogen and oxygen atoms in total. The summed E-state index contributed by atoms with van der Waals surface area (Å²) in [6, 6.07) is 11.6. The number of aromatic nitrogens is 1. The fourth-order valence-electron chi connectivity index (χ4n) is 2.98. The van der Waals surface area contributed by atoms with E-state index >= 15 is 0 Å². The molecule has 0 radical (unpaired) electrons. The first-order chi connectivity index (χ1) is 13.0. The molecule has 1 N–H and O–H groups in total. The van der Waals surface area contributed by atoms with Crippen molar-refractivity contribution in [2.75, 3.05) is 49.4 Å². The van der Waals surface area contributed by atoms with E-state index in [1.54, 1.807) is 7.11 Å². The van der Waals surface area contributed by atoms with Crippen molar-refractivity contribution in [2.45, 2.75) is 6.54 Å². The van der Waals surface area contributed by atoms with Gasteiger partial charge < -0.3 is 19.5 Å². The monoisotopic (exact) mass is 409 g/mol. The summed E-state index contributed by atoms with van der Waals surface area (Å²) >= 11 is 4.16. The third-order valence-electron chi connectivity index (χ3n) is 4.44. The molecule has 1 aromatic carbocycles. The number of nitrogens with one attached hydrogen (secondary N) is 1. The zero-order valence-electron chi connectivity index (χ0n) is 15.1. The van der Waals surface area contributed by atoms with Gasteiger partial charge in [-0.15, -0.1) is 0 Å². The lowest BCUT2D eigenvalue weighted by molar-refractivity contribution is 0.291. The van der Waals surface area contributed by atoms with Crippen LogP contribution in [0.1, 0.15) is 5.56 Å². The Kier molecular flexibility index (Phi) is 6.89. The van der Waals surface area contributed by atoms with E-state index in [0.717, 1.165) is 30.1 Å². The second-order valence-corrected chi connectivity index (χ2v) is 7.53. The van der Waals surface area contributed by atoms with Gasteiger partial charge in [0.25, 0.3) is 0 Å². The summed E-state index contributed by atoms with van der Waals surface area (Å²) < 4.78 is 26.8. The highest BCUT2D eigenvalue weighted by atomic mass is 35.5. The van der Waals surface area contributed by atoms with Gasteiger partial charge in [0.15, 0.2) is 0 Å². The van der Waals surface area contributed by atoms with Gasteiger partial charge in [0, 0.05) is 44.5 Å². The summed E-state index contributed by atoms with van der Waals surface area (Å²) in [6.45, 7) is 3.51. The molecule has 1 aliphatic heterocycles. The minimum Gasteiger partial charge on any atom is -0.771 e. The number of piperazine rings is 1. The molecule has 9 heteroatoms. The number of methoxy groups -OCH3 is 1. The van der Waals surface area contributed by atoms with Crippen molar-refractivity contribution in [1.29, 1.82) is 0 Å². The van der Waals surface area contributed by atoms with Crippen LogP contribution in [-0.2, 0) is 17.6 Å². The maximum atomic E-state index is 10.8. The molecule has 1 unspecified atom stereocenters. The number of hydrogen-bond acceptors (Lipinski definition) is 7. The molecule has 3 rings (SSSR count). The molecule has 27 heavy (non-hydrogen) atoms. The molecule has 0 saturated carbocycles. The molecule has 1 atom stereocenters. The van der Waals surface area contributed by atoms with Crippen LogP contribution in [0.4, 0.5) is 11.5 Å². The summed E-state index contributed by atoms with van der Waals surface area (Å²) in [5.41, 5.74) is 2.09. The van der Waals surface area contributed by atoms with Crippen LogP contribution in [-0.4, -0.2) is 57.8 Å². The van der Waals surface area contributed by atoms with Gasteiger partial charge in [-0.3, -0.25) is 9.11 Å². The van der Waals surface area contributed by atoms with Crippen LogP contribution < -0.4 is 15.0 Å². The second kappa shape index (κ2) is 9.36. The Morgan fingerprint density at radius 2 is 1.93 bits per heavy atom. The number of benzene rings is 1. The summed E-state index contributed by atoms with van der Waals surface area (Å²) in [5.74, 6) is 1.61. The lowest BCUT2D eigenvalue weighted by Crippen LogP contribution is -2.47. The second-order valence-electron chi connectivity index (χ2n) is 6.27. The van der Waals surface area contributed by atoms with Crippen molar-refractivity contribution in [2.24, 2.45) is 0 Å². The highest BCUT2D eigenvalue weighted by Crippen LogP contribution is 2.24. The SMILES string of the molecule is COc1ccc(CNc2cc(N3CCN(CS(=O)[O-])CC3)cc(Cl)n2)cc1. The van der Waals surface area contributed by atoms with Crippen molar-refractivity contribution in [1.82, 2.24) is 9.88 Å². The van der Waals surface area contributed by atoms with Crippen molar-refractivity contribution < 1.29 is 13.5 Å². The average Bonchev–Trinajstić information content (AvgIpc) is 2.66. The maximum absolute atomic E-state index is 10.8. The number of nitrogens with zero attached hydrogens (tertiary/aromatic N) is 3. The summed E-state index contributed by atoms with van der Waals surface area (Å²) in [7, 11) is 1.64. The highest BCUT2D eigenvalue weighted by Gasteiger charge is 2.18. The average molecular weight is 410 g/mol. The number of anilines is 2. The van der Waals surface area contributed by atoms with Gasteiger partial charge >= 0.3 is 0 Å². The minimum absolute atomic E-state index is 0.0829. The fraction of sp³-hybridized carbons (Fsp3) is 0.389. The third kappa shape index (κ3) is 5.80. The Hall–Kier alpha value is -1.87. The van der Waals surface area contributed by atoms with E-state index in [1.165, 1.54) is 0 Å². The van der Waals surface area contributed by atoms with Crippen LogP contribution in [0.3, 0.4) is 0 Å². The minimum atomic E-state index is -2.04. The molecular formula is C18H22ClN4O3S-. The number of hydrogen-bond donors (Lipinski definition) is 1. The summed E-state index contributed by atoms with van der Waals surface area (Å²) in [6.07, 6.45) is 0. The van der Waals surface area contributed by atoms with E-state index in [4.69, 9.17) is 16.3 Å². The van der Waals surface area contributed by atoms with E-state index in [-0.39, 0.29) is 5.88 Å². The Morgan fingerprint density at radius 1 is 1.22 bits per heavy atom. The van der Waals surface area contributed by atoms with E-state index in [9.17, 15) is 8.76 Å². The zero-order valence-corrected chi connectivity index (χ0v) is 16.6. The van der Waals surface area contributed by atoms with Crippen LogP contribution in [0.5, 0.6) is 5.75 Å². The molecule has 1 aliphatic rings. The van der Waals surface area contributed by atoms with Crippen LogP contribution in [0.2, 0.25) is 5.15 Å². The van der Waals surface area contributed by atoms with Gasteiger partial charge in [0.2, 0.25) is 0 Å². The normalized spacial score (nSPS) is 16.2. The van der Waals surface area contributed by atoms with E-state index in [2.05, 4.69) is 15.2 Å². The topological polar surface area (TPSA) is 80.8 Å². The standard InChI is InChI=1S/C18H23ClN4O3S/c1-26-16-4-2-14(3-5-16)12-20-18-11-15(10-17(19)21-18)23-8-6-22(7-9-23)13-27(24)25/h2-5,10-11H,6-9,12-13H2,1H3,(H,20,21)(H,24,25)/p-1. The molecule has 0 amide bonds. The lowest BCUT2D eigenvalue weighted by Gasteiger charge is -2.36. The molecule has 0 spiro atoms. The van der Waals surface area contributed by atoms with E-state index in [1.807, 2.05) is 41.3 Å². The predicted octanol–water partition coefficient (Wildman–Crippen LogP) is 2.31. The molecule has 0 aliphatic carbocycles. The molecular weight excluding hydrogens is 388 g/mol. The van der Waals surface area contributed by atoms with E-state index in [0.29, 0.717) is 30.6 Å². The summed E-state index contributed by atoms with van der Waals surface area (Å²) in [5, 5.41) is 3.72. The van der Waals surface area contributed by atoms with Crippen LogP contribution >= 0.6 is 11.6 Å². The molecule has 1 fully saturated rings. The number of halogens is 1. The first-order valence-corrected chi connectivity index (χ1v) is 10.2. The van der Waals surface area contributed by atoms with Gasteiger partial charge in [0.05, 0.1) is 13.0 Å². The number of pyridine rings is 1. The smallest absolute Gasteiger partial charge is 0.133 e. The maximum Gasteiger partial charge on any atom is 0.133 e. The van der Waals surface area contributed by atoms with Gasteiger partial charge in [-0.1, -0.05) is 23.7 Å². The predicted molar refractivity (Wildman–Crippen MR) is 107 cm³/mol. The van der Waals surface area contributed by atoms with Crippen LogP contribution in [0.25, 0.3) is 0 Å². The molecule has 1 saturated heterocycles. The molecule has 0 bridgehead atoms. The molecule has 1 aromatic heterocycles. The molecule has 2 aromatic rings. The fourth-order valence-corrected chi connectivity index (χ4v) is 3.74. The van der Waals surface area contributed by atoms with Crippen LogP contribution in [0, 0.1) is 0 Å². The Balaban J connectivity index is 1.61. The Morgan fingerprint density at radius 3 is 2.56 bits per heavy atom. The van der Waals surface area contributed by atoms with Crippen molar-refractivity contribution in [3.8, 4) is 5.75 Å². The number of rotatable bonds is 7. The lowest BCUT2D eigenvalue weighted by atomic mass is 10.2. The first-order valence-electron chi connectivity index (χ1n) is 8.61.